The van der Waals surface area contributed by atoms with E-state index >= 15 is 0 Å². The zero-order valence-corrected chi connectivity index (χ0v) is 19.5. The number of hydrogen-bond acceptors (Lipinski definition) is 10. The van der Waals surface area contributed by atoms with Crippen LogP contribution < -0.4 is 10.9 Å². The molecular weight excluding hydrogens is 472 g/mol. The minimum Gasteiger partial charge on any atom is -0.454 e. The molecule has 0 saturated heterocycles. The van der Waals surface area contributed by atoms with Crippen LogP contribution in [0.4, 0.5) is 5.82 Å². The Morgan fingerprint density at radius 1 is 1.34 bits per heavy atom. The van der Waals surface area contributed by atoms with Gasteiger partial charge in [-0.25, -0.2) is 4.98 Å². The highest BCUT2D eigenvalue weighted by Gasteiger charge is 2.19. The highest BCUT2D eigenvalue weighted by molar-refractivity contribution is 8.00. The third kappa shape index (κ3) is 5.09. The summed E-state index contributed by atoms with van der Waals surface area (Å²) in [5.41, 5.74) is 0.576. The third-order valence-corrected chi connectivity index (χ3v) is 6.97. The second-order valence-corrected chi connectivity index (χ2v) is 9.55. The summed E-state index contributed by atoms with van der Waals surface area (Å²) in [6.07, 6.45) is -0.737. The van der Waals surface area contributed by atoms with Crippen molar-refractivity contribution in [2.45, 2.75) is 20.0 Å². The van der Waals surface area contributed by atoms with Gasteiger partial charge in [0.1, 0.15) is 10.6 Å². The SMILES string of the molecule is Cc1cc(NC(=O)CSCC(=O)O[C@H](C)c2nc3scc(-c4cccs4)c3c(=O)[nH]2)no1. The molecule has 2 N–H and O–H groups in total. The van der Waals surface area contributed by atoms with Crippen LogP contribution in [0.25, 0.3) is 20.7 Å². The van der Waals surface area contributed by atoms with Crippen LogP contribution in [0, 0.1) is 6.92 Å². The fraction of sp³-hybridized carbons (Fsp3) is 0.250. The van der Waals surface area contributed by atoms with Gasteiger partial charge in [-0.1, -0.05) is 11.2 Å². The zero-order valence-electron chi connectivity index (χ0n) is 17.0. The number of amides is 1. The quantitative estimate of drug-likeness (QED) is 0.355. The van der Waals surface area contributed by atoms with E-state index in [0.29, 0.717) is 21.8 Å². The van der Waals surface area contributed by atoms with Gasteiger partial charge in [-0.05, 0) is 25.3 Å². The lowest BCUT2D eigenvalue weighted by Crippen LogP contribution is -2.19. The molecule has 0 radical (unpaired) electrons. The Labute approximate surface area is 194 Å². The van der Waals surface area contributed by atoms with Crippen LogP contribution in [-0.2, 0) is 14.3 Å². The van der Waals surface area contributed by atoms with Gasteiger partial charge in [-0.15, -0.1) is 34.4 Å². The van der Waals surface area contributed by atoms with Crippen molar-refractivity contribution in [1.82, 2.24) is 15.1 Å². The first-order chi connectivity index (χ1) is 15.4. The van der Waals surface area contributed by atoms with E-state index in [2.05, 4.69) is 20.4 Å². The highest BCUT2D eigenvalue weighted by atomic mass is 32.2. The van der Waals surface area contributed by atoms with Crippen molar-refractivity contribution >= 4 is 62.3 Å². The van der Waals surface area contributed by atoms with E-state index in [1.165, 1.54) is 11.3 Å². The molecule has 0 saturated carbocycles. The molecule has 4 aromatic rings. The summed E-state index contributed by atoms with van der Waals surface area (Å²) < 4.78 is 10.3. The third-order valence-electron chi connectivity index (χ3n) is 4.29. The van der Waals surface area contributed by atoms with Gasteiger partial charge < -0.3 is 19.6 Å². The number of nitrogens with one attached hydrogen (secondary N) is 2. The van der Waals surface area contributed by atoms with Crippen molar-refractivity contribution in [2.24, 2.45) is 0 Å². The van der Waals surface area contributed by atoms with Crippen LogP contribution in [-0.4, -0.2) is 38.5 Å². The molecule has 9 nitrogen and oxygen atoms in total. The Morgan fingerprint density at radius 2 is 2.19 bits per heavy atom. The smallest absolute Gasteiger partial charge is 0.316 e. The molecule has 0 aliphatic rings. The van der Waals surface area contributed by atoms with Crippen molar-refractivity contribution in [2.75, 3.05) is 16.8 Å². The largest absolute Gasteiger partial charge is 0.454 e. The number of thiophene rings is 2. The van der Waals surface area contributed by atoms with Crippen molar-refractivity contribution < 1.29 is 18.8 Å². The number of hydrogen-bond donors (Lipinski definition) is 2. The van der Waals surface area contributed by atoms with E-state index in [1.807, 2.05) is 22.9 Å². The molecule has 0 spiro atoms. The predicted octanol–water partition coefficient (Wildman–Crippen LogP) is 3.99. The molecule has 4 aromatic heterocycles. The van der Waals surface area contributed by atoms with Gasteiger partial charge in [0.25, 0.3) is 5.56 Å². The van der Waals surface area contributed by atoms with E-state index in [0.717, 1.165) is 22.2 Å². The molecule has 0 fully saturated rings. The van der Waals surface area contributed by atoms with Crippen molar-refractivity contribution in [3.8, 4) is 10.4 Å². The van der Waals surface area contributed by atoms with E-state index in [4.69, 9.17) is 9.26 Å². The molecule has 4 heterocycles. The highest BCUT2D eigenvalue weighted by Crippen LogP contribution is 2.33. The first-order valence-electron chi connectivity index (χ1n) is 9.46. The summed E-state index contributed by atoms with van der Waals surface area (Å²) >= 11 is 4.03. The van der Waals surface area contributed by atoms with Gasteiger partial charge in [0, 0.05) is 21.9 Å². The van der Waals surface area contributed by atoms with Crippen LogP contribution in [0.3, 0.4) is 0 Å². The number of carbonyl (C=O) groups is 2. The van der Waals surface area contributed by atoms with E-state index in [9.17, 15) is 14.4 Å². The standard InChI is InChI=1S/C20H18N4O5S3/c1-10-6-14(24-29-10)21-15(25)8-30-9-16(26)28-11(2)18-22-19(27)17-12(7-32-20(17)23-18)13-4-3-5-31-13/h3-7,11H,8-9H2,1-2H3,(H,21,24,25)(H,22,23,27)/t11-/m1/s1. The van der Waals surface area contributed by atoms with Crippen molar-refractivity contribution in [1.29, 1.82) is 0 Å². The number of aromatic nitrogens is 3. The Kier molecular flexibility index (Phi) is 6.72. The Morgan fingerprint density at radius 3 is 2.91 bits per heavy atom. The van der Waals surface area contributed by atoms with Gasteiger partial charge in [0.15, 0.2) is 17.7 Å². The van der Waals surface area contributed by atoms with Gasteiger partial charge in [-0.3, -0.25) is 14.4 Å². The van der Waals surface area contributed by atoms with Gasteiger partial charge in [-0.2, -0.15) is 0 Å². The lowest BCUT2D eigenvalue weighted by molar-refractivity contribution is -0.145. The molecule has 166 valence electrons. The molecular formula is C20H18N4O5S3. The number of aromatic amines is 1. The molecule has 12 heteroatoms. The van der Waals surface area contributed by atoms with Crippen molar-refractivity contribution in [3.05, 3.63) is 50.9 Å². The van der Waals surface area contributed by atoms with Gasteiger partial charge in [0.2, 0.25) is 5.91 Å². The number of rotatable bonds is 8. The minimum atomic E-state index is -0.737. The molecule has 0 bridgehead atoms. The lowest BCUT2D eigenvalue weighted by Gasteiger charge is -2.12. The second kappa shape index (κ2) is 9.67. The monoisotopic (exact) mass is 490 g/mol. The molecule has 1 amide bonds. The normalized spacial score (nSPS) is 12.1. The lowest BCUT2D eigenvalue weighted by atomic mass is 10.2. The number of fused-ring (bicyclic) bond motifs is 1. The fourth-order valence-corrected chi connectivity index (χ4v) is 5.25. The molecule has 0 aliphatic heterocycles. The van der Waals surface area contributed by atoms with E-state index < -0.39 is 12.1 Å². The zero-order chi connectivity index (χ0) is 22.7. The Hall–Kier alpha value is -2.96. The van der Waals surface area contributed by atoms with Crippen LogP contribution in [0.15, 0.2) is 38.3 Å². The van der Waals surface area contributed by atoms with Crippen LogP contribution in [0.5, 0.6) is 0 Å². The molecule has 0 aromatic carbocycles. The molecule has 4 rings (SSSR count). The summed E-state index contributed by atoms with van der Waals surface area (Å²) in [6, 6.07) is 5.48. The molecule has 32 heavy (non-hydrogen) atoms. The number of nitrogens with zero attached hydrogens (tertiary/aromatic N) is 2. The summed E-state index contributed by atoms with van der Waals surface area (Å²) in [4.78, 5) is 45.5. The number of H-pyrrole nitrogens is 1. The molecule has 1 atom stereocenters. The first kappa shape index (κ1) is 22.2. The summed E-state index contributed by atoms with van der Waals surface area (Å²) in [5.74, 6) is 0.396. The number of ether oxygens (including phenoxy) is 1. The number of thioether (sulfide) groups is 1. The predicted molar refractivity (Wildman–Crippen MR) is 125 cm³/mol. The topological polar surface area (TPSA) is 127 Å². The molecule has 0 aliphatic carbocycles. The Bertz CT molecular complexity index is 1310. The maximum Gasteiger partial charge on any atom is 0.316 e. The number of carbonyl (C=O) groups excluding carboxylic acids is 2. The molecule has 0 unspecified atom stereocenters. The second-order valence-electron chi connectivity index (χ2n) is 6.75. The van der Waals surface area contributed by atoms with Crippen molar-refractivity contribution in [3.63, 3.8) is 0 Å². The average molecular weight is 491 g/mol. The summed E-state index contributed by atoms with van der Waals surface area (Å²) in [6.45, 7) is 3.36. The number of aryl methyl sites for hydroxylation is 1. The Balaban J connectivity index is 1.33. The van der Waals surface area contributed by atoms with Crippen LogP contribution >= 0.6 is 34.4 Å². The summed E-state index contributed by atoms with van der Waals surface area (Å²) in [7, 11) is 0. The van der Waals surface area contributed by atoms with Crippen LogP contribution in [0.1, 0.15) is 24.6 Å². The van der Waals surface area contributed by atoms with Gasteiger partial charge >= 0.3 is 5.97 Å². The maximum absolute atomic E-state index is 12.7. The van der Waals surface area contributed by atoms with Gasteiger partial charge in [0.05, 0.1) is 16.9 Å². The minimum absolute atomic E-state index is 0.0242. The first-order valence-corrected chi connectivity index (χ1v) is 12.4. The maximum atomic E-state index is 12.7. The van der Waals surface area contributed by atoms with E-state index in [-0.39, 0.29) is 28.8 Å². The summed E-state index contributed by atoms with van der Waals surface area (Å²) in [5, 5.41) is 10.6. The fourth-order valence-electron chi connectivity index (χ4n) is 2.89. The number of anilines is 1. The number of esters is 1. The average Bonchev–Trinajstić information content (AvgIpc) is 3.48. The van der Waals surface area contributed by atoms with E-state index in [1.54, 1.807) is 31.3 Å². The van der Waals surface area contributed by atoms with Crippen LogP contribution in [0.2, 0.25) is 0 Å².